The molecule has 108 valence electrons. The zero-order valence-electron chi connectivity index (χ0n) is 12.2. The van der Waals surface area contributed by atoms with Gasteiger partial charge in [0.2, 0.25) is 0 Å². The number of phenols is 1. The number of fused-ring (bicyclic) bond motifs is 4. The van der Waals surface area contributed by atoms with Gasteiger partial charge in [-0.2, -0.15) is 0 Å². The zero-order chi connectivity index (χ0) is 14.6. The molecule has 0 aliphatic carbocycles. The Kier molecular flexibility index (Phi) is 2.48. The van der Waals surface area contributed by atoms with Crippen LogP contribution in [0.25, 0.3) is 11.1 Å². The molecule has 0 bridgehead atoms. The maximum absolute atomic E-state index is 9.83. The molecule has 2 aliphatic heterocycles. The number of benzene rings is 2. The van der Waals surface area contributed by atoms with Gasteiger partial charge in [-0.15, -0.1) is 0 Å². The van der Waals surface area contributed by atoms with Crippen LogP contribution in [0, 0.1) is 0 Å². The van der Waals surface area contributed by atoms with E-state index in [1.165, 1.54) is 11.1 Å². The number of nitrogens with one attached hydrogen (secondary N) is 1. The Morgan fingerprint density at radius 2 is 1.90 bits per heavy atom. The van der Waals surface area contributed by atoms with Crippen molar-refractivity contribution in [3.8, 4) is 22.6 Å². The van der Waals surface area contributed by atoms with Crippen molar-refractivity contribution in [3.63, 3.8) is 0 Å². The van der Waals surface area contributed by atoms with Crippen molar-refractivity contribution < 1.29 is 9.84 Å². The first-order valence-corrected chi connectivity index (χ1v) is 7.12. The first-order valence-electron chi connectivity index (χ1n) is 7.12. The van der Waals surface area contributed by atoms with Crippen LogP contribution in [0.2, 0.25) is 0 Å². The van der Waals surface area contributed by atoms with Gasteiger partial charge in [0.25, 0.3) is 0 Å². The van der Waals surface area contributed by atoms with Gasteiger partial charge in [-0.3, -0.25) is 0 Å². The number of phenolic OH excluding ortho intramolecular Hbond substituents is 1. The highest BCUT2D eigenvalue weighted by Crippen LogP contribution is 2.50. The van der Waals surface area contributed by atoms with Crippen LogP contribution in [0.1, 0.15) is 5.56 Å². The lowest BCUT2D eigenvalue weighted by Gasteiger charge is -2.54. The van der Waals surface area contributed by atoms with E-state index in [9.17, 15) is 5.11 Å². The minimum absolute atomic E-state index is 0.0509. The molecule has 2 heterocycles. The van der Waals surface area contributed by atoms with Gasteiger partial charge in [-0.1, -0.05) is 6.07 Å². The van der Waals surface area contributed by atoms with Gasteiger partial charge in [-0.25, -0.2) is 0 Å². The van der Waals surface area contributed by atoms with Crippen LogP contribution in [-0.4, -0.2) is 32.4 Å². The van der Waals surface area contributed by atoms with E-state index in [1.807, 2.05) is 18.2 Å². The number of methoxy groups -OCH3 is 1. The minimum Gasteiger partial charge on any atom is -0.508 e. The highest BCUT2D eigenvalue weighted by Gasteiger charge is 2.47. The van der Waals surface area contributed by atoms with E-state index >= 15 is 0 Å². The number of anilines is 1. The summed E-state index contributed by atoms with van der Waals surface area (Å²) < 4.78 is 5.41. The second kappa shape index (κ2) is 4.15. The molecule has 0 amide bonds. The summed E-state index contributed by atoms with van der Waals surface area (Å²) in [6.07, 6.45) is 0. The smallest absolute Gasteiger partial charge is 0.119 e. The number of rotatable bonds is 1. The molecule has 2 aromatic rings. The van der Waals surface area contributed by atoms with Crippen LogP contribution in [0.3, 0.4) is 0 Å². The lowest BCUT2D eigenvalue weighted by atomic mass is 9.75. The third-order valence-electron chi connectivity index (χ3n) is 4.84. The van der Waals surface area contributed by atoms with Crippen LogP contribution in [-0.2, 0) is 5.54 Å². The van der Waals surface area contributed by atoms with E-state index in [-0.39, 0.29) is 5.54 Å². The highest BCUT2D eigenvalue weighted by molar-refractivity contribution is 5.87. The Balaban J connectivity index is 2.01. The van der Waals surface area contributed by atoms with E-state index in [4.69, 9.17) is 4.74 Å². The van der Waals surface area contributed by atoms with Crippen molar-refractivity contribution in [1.29, 1.82) is 0 Å². The maximum atomic E-state index is 9.83. The van der Waals surface area contributed by atoms with Gasteiger partial charge in [0.1, 0.15) is 11.5 Å². The van der Waals surface area contributed by atoms with Crippen LogP contribution in [0.4, 0.5) is 5.69 Å². The molecule has 2 N–H and O–H groups in total. The third-order valence-corrected chi connectivity index (χ3v) is 4.84. The monoisotopic (exact) mass is 282 g/mol. The van der Waals surface area contributed by atoms with Crippen molar-refractivity contribution in [1.82, 2.24) is 5.32 Å². The number of likely N-dealkylation sites (N-methyl/N-ethyl adjacent to an activating group) is 1. The molecule has 0 aromatic heterocycles. The standard InChI is InChI=1S/C17H18N2O2/c1-19-16-7-11(20)3-5-14(16)13-6-4-12(21-2)8-15(13)17(19)9-18-10-17/h3-8,18,20H,9-10H2,1-2H3. The molecule has 4 rings (SSSR count). The molecule has 0 radical (unpaired) electrons. The lowest BCUT2D eigenvalue weighted by Crippen LogP contribution is -2.66. The summed E-state index contributed by atoms with van der Waals surface area (Å²) >= 11 is 0. The van der Waals surface area contributed by atoms with Gasteiger partial charge < -0.3 is 20.1 Å². The van der Waals surface area contributed by atoms with Crippen molar-refractivity contribution in [2.24, 2.45) is 0 Å². The SMILES string of the molecule is COc1ccc2c(c1)C1(CNC1)N(C)c1cc(O)ccc1-2. The molecule has 1 saturated heterocycles. The second-order valence-corrected chi connectivity index (χ2v) is 5.81. The number of hydrogen-bond acceptors (Lipinski definition) is 4. The summed E-state index contributed by atoms with van der Waals surface area (Å²) in [5.41, 5.74) is 4.70. The summed E-state index contributed by atoms with van der Waals surface area (Å²) in [4.78, 5) is 2.28. The molecule has 21 heavy (non-hydrogen) atoms. The van der Waals surface area contributed by atoms with E-state index in [2.05, 4.69) is 29.4 Å². The Hall–Kier alpha value is -2.20. The molecule has 2 aliphatic rings. The first kappa shape index (κ1) is 12.5. The average Bonchev–Trinajstić information content (AvgIpc) is 2.45. The molecule has 0 unspecified atom stereocenters. The molecule has 1 fully saturated rings. The molecule has 0 atom stereocenters. The van der Waals surface area contributed by atoms with Crippen LogP contribution in [0.5, 0.6) is 11.5 Å². The van der Waals surface area contributed by atoms with Gasteiger partial charge in [0, 0.05) is 37.5 Å². The molecular formula is C17H18N2O2. The molecule has 4 heteroatoms. The fourth-order valence-corrected chi connectivity index (χ4v) is 3.50. The predicted molar refractivity (Wildman–Crippen MR) is 83.0 cm³/mol. The summed E-state index contributed by atoms with van der Waals surface area (Å²) in [5, 5.41) is 13.2. The van der Waals surface area contributed by atoms with Crippen LogP contribution < -0.4 is 15.0 Å². The van der Waals surface area contributed by atoms with Crippen LogP contribution >= 0.6 is 0 Å². The van der Waals surface area contributed by atoms with Crippen molar-refractivity contribution >= 4 is 5.69 Å². The number of hydrogen-bond donors (Lipinski definition) is 2. The third kappa shape index (κ3) is 1.54. The van der Waals surface area contributed by atoms with E-state index < -0.39 is 0 Å². The maximum Gasteiger partial charge on any atom is 0.119 e. The molecule has 0 saturated carbocycles. The van der Waals surface area contributed by atoms with E-state index in [1.54, 1.807) is 13.2 Å². The Bertz CT molecular complexity index is 723. The van der Waals surface area contributed by atoms with Gasteiger partial charge in [0.15, 0.2) is 0 Å². The molecule has 2 aromatic carbocycles. The van der Waals surface area contributed by atoms with Crippen molar-refractivity contribution in [3.05, 3.63) is 42.0 Å². The predicted octanol–water partition coefficient (Wildman–Crippen LogP) is 2.32. The number of ether oxygens (including phenoxy) is 1. The second-order valence-electron chi connectivity index (χ2n) is 5.81. The minimum atomic E-state index is -0.0509. The van der Waals surface area contributed by atoms with E-state index in [0.29, 0.717) is 5.75 Å². The number of nitrogens with zero attached hydrogens (tertiary/aromatic N) is 1. The summed E-state index contributed by atoms with van der Waals surface area (Å²) in [5.74, 6) is 1.19. The summed E-state index contributed by atoms with van der Waals surface area (Å²) in [7, 11) is 3.80. The van der Waals surface area contributed by atoms with E-state index in [0.717, 1.165) is 30.1 Å². The summed E-state index contributed by atoms with van der Waals surface area (Å²) in [6.45, 7) is 1.80. The highest BCUT2D eigenvalue weighted by atomic mass is 16.5. The zero-order valence-corrected chi connectivity index (χ0v) is 12.2. The van der Waals surface area contributed by atoms with Crippen molar-refractivity contribution in [2.75, 3.05) is 32.1 Å². The fraction of sp³-hybridized carbons (Fsp3) is 0.294. The fourth-order valence-electron chi connectivity index (χ4n) is 3.50. The lowest BCUT2D eigenvalue weighted by molar-refractivity contribution is 0.271. The first-order chi connectivity index (χ1) is 10.2. The summed E-state index contributed by atoms with van der Waals surface area (Å²) in [6, 6.07) is 11.9. The topological polar surface area (TPSA) is 44.7 Å². The Labute approximate surface area is 124 Å². The van der Waals surface area contributed by atoms with Crippen molar-refractivity contribution in [2.45, 2.75) is 5.54 Å². The average molecular weight is 282 g/mol. The van der Waals surface area contributed by atoms with Gasteiger partial charge in [0.05, 0.1) is 12.6 Å². The normalized spacial score (nSPS) is 17.9. The Morgan fingerprint density at radius 1 is 1.14 bits per heavy atom. The van der Waals surface area contributed by atoms with Crippen LogP contribution in [0.15, 0.2) is 36.4 Å². The molecule has 1 spiro atoms. The molecule has 4 nitrogen and oxygen atoms in total. The Morgan fingerprint density at radius 3 is 2.57 bits per heavy atom. The number of aromatic hydroxyl groups is 1. The quantitative estimate of drug-likeness (QED) is 0.842. The largest absolute Gasteiger partial charge is 0.508 e. The van der Waals surface area contributed by atoms with Gasteiger partial charge >= 0.3 is 0 Å². The van der Waals surface area contributed by atoms with Gasteiger partial charge in [-0.05, 0) is 35.4 Å². The molecular weight excluding hydrogens is 264 g/mol.